The molecule has 1 N–H and O–H groups in total. The molecule has 0 saturated heterocycles. The van der Waals surface area contributed by atoms with Gasteiger partial charge in [-0.2, -0.15) is 0 Å². The van der Waals surface area contributed by atoms with Crippen molar-refractivity contribution < 1.29 is 23.1 Å². The zero-order chi connectivity index (χ0) is 24.6. The Labute approximate surface area is 196 Å². The summed E-state index contributed by atoms with van der Waals surface area (Å²) >= 11 is 0. The Hall–Kier alpha value is -4.00. The van der Waals surface area contributed by atoms with Crippen LogP contribution in [0.4, 0.5) is 4.39 Å². The van der Waals surface area contributed by atoms with Crippen LogP contribution in [0.2, 0.25) is 0 Å². The lowest BCUT2D eigenvalue weighted by Crippen LogP contribution is -2.23. The maximum Gasteiger partial charge on any atom is 0.338 e. The van der Waals surface area contributed by atoms with E-state index < -0.39 is 11.6 Å². The van der Waals surface area contributed by atoms with E-state index in [4.69, 9.17) is 9.15 Å². The molecule has 0 unspecified atom stereocenters. The summed E-state index contributed by atoms with van der Waals surface area (Å²) in [5, 5.41) is 3.15. The van der Waals surface area contributed by atoms with E-state index in [1.807, 2.05) is 39.8 Å². The number of benzene rings is 2. The van der Waals surface area contributed by atoms with Crippen molar-refractivity contribution >= 4 is 23.0 Å². The minimum Gasteiger partial charge on any atom is -0.456 e. The SMILES string of the molecule is CNC(=O)c1c(-c2ccc(F)cc2)oc2ncc(-c3cc(C(=O)OC(C)(C)C)ccc3C)cc12. The summed E-state index contributed by atoms with van der Waals surface area (Å²) in [7, 11) is 1.53. The zero-order valence-electron chi connectivity index (χ0n) is 19.7. The van der Waals surface area contributed by atoms with Gasteiger partial charge < -0.3 is 14.5 Å². The monoisotopic (exact) mass is 460 g/mol. The fraction of sp³-hybridized carbons (Fsp3) is 0.222. The number of amides is 1. The molecule has 0 aliphatic rings. The molecule has 0 aliphatic heterocycles. The topological polar surface area (TPSA) is 81.4 Å². The third-order valence-electron chi connectivity index (χ3n) is 5.29. The molecular formula is C27H25FN2O4. The third-order valence-corrected chi connectivity index (χ3v) is 5.29. The first-order chi connectivity index (χ1) is 16.1. The standard InChI is InChI=1S/C27H25FN2O4/c1-15-6-7-17(26(32)34-27(2,3)4)12-20(15)18-13-21-22(24(31)29-5)23(33-25(21)30-14-18)16-8-10-19(28)11-9-16/h6-14H,1-5H3,(H,29,31). The molecule has 4 aromatic rings. The average molecular weight is 461 g/mol. The number of hydrogen-bond acceptors (Lipinski definition) is 5. The average Bonchev–Trinajstić information content (AvgIpc) is 3.17. The third kappa shape index (κ3) is 4.55. The number of rotatable bonds is 4. The molecular weight excluding hydrogens is 435 g/mol. The minimum atomic E-state index is -0.613. The number of aryl methyl sites for hydroxylation is 1. The predicted molar refractivity (Wildman–Crippen MR) is 128 cm³/mol. The van der Waals surface area contributed by atoms with Gasteiger partial charge in [0.05, 0.1) is 16.5 Å². The molecule has 2 aromatic heterocycles. The van der Waals surface area contributed by atoms with E-state index >= 15 is 0 Å². The number of furan rings is 1. The number of hydrogen-bond donors (Lipinski definition) is 1. The number of aromatic nitrogens is 1. The predicted octanol–water partition coefficient (Wildman–Crippen LogP) is 5.92. The van der Waals surface area contributed by atoms with Crippen molar-refractivity contribution in [2.45, 2.75) is 33.3 Å². The van der Waals surface area contributed by atoms with Crippen molar-refractivity contribution in [1.82, 2.24) is 10.3 Å². The number of nitrogens with zero attached hydrogens (tertiary/aromatic N) is 1. The molecule has 1 amide bonds. The molecule has 7 heteroatoms. The molecule has 4 rings (SSSR count). The van der Waals surface area contributed by atoms with Crippen LogP contribution in [0.3, 0.4) is 0 Å². The van der Waals surface area contributed by atoms with Crippen LogP contribution in [-0.4, -0.2) is 29.5 Å². The lowest BCUT2D eigenvalue weighted by atomic mass is 9.97. The van der Waals surface area contributed by atoms with E-state index in [1.54, 1.807) is 30.5 Å². The number of ether oxygens (including phenoxy) is 1. The van der Waals surface area contributed by atoms with E-state index in [-0.39, 0.29) is 17.4 Å². The minimum absolute atomic E-state index is 0.280. The van der Waals surface area contributed by atoms with Gasteiger partial charge >= 0.3 is 5.97 Å². The molecule has 0 spiro atoms. The second-order valence-electron chi connectivity index (χ2n) is 9.00. The van der Waals surface area contributed by atoms with Crippen LogP contribution in [0.5, 0.6) is 0 Å². The van der Waals surface area contributed by atoms with E-state index in [1.165, 1.54) is 19.2 Å². The Morgan fingerprint density at radius 2 is 1.74 bits per heavy atom. The lowest BCUT2D eigenvalue weighted by Gasteiger charge is -2.20. The Morgan fingerprint density at radius 3 is 2.38 bits per heavy atom. The fourth-order valence-electron chi connectivity index (χ4n) is 3.68. The number of halogens is 1. The number of fused-ring (bicyclic) bond motifs is 1. The van der Waals surface area contributed by atoms with Gasteiger partial charge in [-0.05, 0) is 81.3 Å². The molecule has 6 nitrogen and oxygen atoms in total. The van der Waals surface area contributed by atoms with Crippen LogP contribution >= 0.6 is 0 Å². The van der Waals surface area contributed by atoms with Crippen molar-refractivity contribution in [2.24, 2.45) is 0 Å². The number of carbonyl (C=O) groups is 2. The lowest BCUT2D eigenvalue weighted by molar-refractivity contribution is 0.00694. The maximum absolute atomic E-state index is 13.4. The first kappa shape index (κ1) is 23.2. The summed E-state index contributed by atoms with van der Waals surface area (Å²) in [6.45, 7) is 7.37. The summed E-state index contributed by atoms with van der Waals surface area (Å²) in [5.41, 5.74) is 3.37. The van der Waals surface area contributed by atoms with Gasteiger partial charge in [-0.25, -0.2) is 14.2 Å². The van der Waals surface area contributed by atoms with Crippen LogP contribution in [0.15, 0.2) is 59.1 Å². The molecule has 34 heavy (non-hydrogen) atoms. The maximum atomic E-state index is 13.4. The molecule has 0 aliphatic carbocycles. The highest BCUT2D eigenvalue weighted by atomic mass is 19.1. The van der Waals surface area contributed by atoms with E-state index in [0.29, 0.717) is 33.4 Å². The summed E-state index contributed by atoms with van der Waals surface area (Å²) < 4.78 is 24.9. The van der Waals surface area contributed by atoms with Crippen LogP contribution in [0.25, 0.3) is 33.6 Å². The Morgan fingerprint density at radius 1 is 1.03 bits per heavy atom. The van der Waals surface area contributed by atoms with Crippen LogP contribution < -0.4 is 5.32 Å². The molecule has 0 radical (unpaired) electrons. The molecule has 2 heterocycles. The number of nitrogens with one attached hydrogen (secondary N) is 1. The summed E-state index contributed by atoms with van der Waals surface area (Å²) in [4.78, 5) is 29.8. The molecule has 2 aromatic carbocycles. The van der Waals surface area contributed by atoms with Gasteiger partial charge in [0, 0.05) is 24.4 Å². The van der Waals surface area contributed by atoms with Gasteiger partial charge in [0.25, 0.3) is 5.91 Å². The highest BCUT2D eigenvalue weighted by Crippen LogP contribution is 2.36. The Kier molecular flexibility index (Phi) is 5.96. The van der Waals surface area contributed by atoms with Crippen molar-refractivity contribution in [2.75, 3.05) is 7.05 Å². The van der Waals surface area contributed by atoms with Gasteiger partial charge in [-0.3, -0.25) is 4.79 Å². The van der Waals surface area contributed by atoms with Gasteiger partial charge in [-0.15, -0.1) is 0 Å². The first-order valence-electron chi connectivity index (χ1n) is 10.8. The smallest absolute Gasteiger partial charge is 0.338 e. The molecule has 0 fully saturated rings. The van der Waals surface area contributed by atoms with Crippen molar-refractivity contribution in [3.63, 3.8) is 0 Å². The van der Waals surface area contributed by atoms with E-state index in [9.17, 15) is 14.0 Å². The van der Waals surface area contributed by atoms with Crippen molar-refractivity contribution in [3.8, 4) is 22.5 Å². The highest BCUT2D eigenvalue weighted by molar-refractivity contribution is 6.11. The van der Waals surface area contributed by atoms with Crippen molar-refractivity contribution in [1.29, 1.82) is 0 Å². The Bertz CT molecular complexity index is 1400. The van der Waals surface area contributed by atoms with Gasteiger partial charge in [0.15, 0.2) is 0 Å². The largest absolute Gasteiger partial charge is 0.456 e. The van der Waals surface area contributed by atoms with E-state index in [0.717, 1.165) is 11.1 Å². The molecule has 0 atom stereocenters. The zero-order valence-corrected chi connectivity index (χ0v) is 19.7. The van der Waals surface area contributed by atoms with E-state index in [2.05, 4.69) is 10.3 Å². The van der Waals surface area contributed by atoms with Crippen LogP contribution in [-0.2, 0) is 4.74 Å². The molecule has 174 valence electrons. The second-order valence-corrected chi connectivity index (χ2v) is 9.00. The van der Waals surface area contributed by atoms with Crippen LogP contribution in [0, 0.1) is 12.7 Å². The number of pyridine rings is 1. The molecule has 0 saturated carbocycles. The van der Waals surface area contributed by atoms with Gasteiger partial charge in [-0.1, -0.05) is 6.07 Å². The number of esters is 1. The van der Waals surface area contributed by atoms with Gasteiger partial charge in [0.2, 0.25) is 5.71 Å². The fourth-order valence-corrected chi connectivity index (χ4v) is 3.68. The normalized spacial score (nSPS) is 11.5. The summed E-state index contributed by atoms with van der Waals surface area (Å²) in [6, 6.07) is 12.8. The summed E-state index contributed by atoms with van der Waals surface area (Å²) in [6.07, 6.45) is 1.63. The second kappa shape index (κ2) is 8.74. The van der Waals surface area contributed by atoms with Gasteiger partial charge in [0.1, 0.15) is 17.2 Å². The summed E-state index contributed by atoms with van der Waals surface area (Å²) in [5.74, 6) is -0.854. The van der Waals surface area contributed by atoms with Crippen LogP contribution in [0.1, 0.15) is 47.1 Å². The van der Waals surface area contributed by atoms with Crippen molar-refractivity contribution in [3.05, 3.63) is 77.2 Å². The quantitative estimate of drug-likeness (QED) is 0.382. The molecule has 0 bridgehead atoms. The first-order valence-corrected chi connectivity index (χ1v) is 10.8. The number of carbonyl (C=O) groups excluding carboxylic acids is 2. The Balaban J connectivity index is 1.86. The highest BCUT2D eigenvalue weighted by Gasteiger charge is 2.24.